The highest BCUT2D eigenvalue weighted by Crippen LogP contribution is 2.01. The second-order valence-electron chi connectivity index (χ2n) is 4.55. The fourth-order valence-electron chi connectivity index (χ4n) is 1.83. The lowest BCUT2D eigenvalue weighted by molar-refractivity contribution is 0.207. The summed E-state index contributed by atoms with van der Waals surface area (Å²) in [5.74, 6) is 0. The monoisotopic (exact) mass is 270 g/mol. The topological polar surface area (TPSA) is 58.1 Å². The van der Waals surface area contributed by atoms with Crippen LogP contribution in [0.25, 0.3) is 0 Å². The number of urea groups is 1. The summed E-state index contributed by atoms with van der Waals surface area (Å²) in [4.78, 5) is 21.6. The van der Waals surface area contributed by atoms with Crippen LogP contribution in [0, 0.1) is 0 Å². The van der Waals surface area contributed by atoms with Gasteiger partial charge in [0.05, 0.1) is 0 Å². The van der Waals surface area contributed by atoms with Crippen molar-refractivity contribution in [3.05, 3.63) is 60.2 Å². The summed E-state index contributed by atoms with van der Waals surface area (Å²) in [6, 6.07) is 7.62. The van der Waals surface area contributed by atoms with Crippen molar-refractivity contribution in [2.75, 3.05) is 13.6 Å². The van der Waals surface area contributed by atoms with Gasteiger partial charge in [0.15, 0.2) is 0 Å². The summed E-state index contributed by atoms with van der Waals surface area (Å²) in [6.45, 7) is 1.17. The zero-order valence-corrected chi connectivity index (χ0v) is 11.5. The Bertz CT molecular complexity index is 530. The number of rotatable bonds is 5. The SMILES string of the molecule is CN(Cc1ccncc1)C(=O)NCCc1cccnc1. The van der Waals surface area contributed by atoms with Crippen molar-refractivity contribution in [3.63, 3.8) is 0 Å². The van der Waals surface area contributed by atoms with E-state index in [1.165, 1.54) is 0 Å². The van der Waals surface area contributed by atoms with Crippen LogP contribution in [0.2, 0.25) is 0 Å². The molecule has 2 aromatic rings. The molecule has 104 valence electrons. The zero-order chi connectivity index (χ0) is 14.2. The maximum Gasteiger partial charge on any atom is 0.317 e. The normalized spacial score (nSPS) is 10.1. The van der Waals surface area contributed by atoms with Crippen LogP contribution in [-0.2, 0) is 13.0 Å². The van der Waals surface area contributed by atoms with E-state index in [-0.39, 0.29) is 6.03 Å². The van der Waals surface area contributed by atoms with Crippen molar-refractivity contribution >= 4 is 6.03 Å². The van der Waals surface area contributed by atoms with Gasteiger partial charge in [-0.15, -0.1) is 0 Å². The van der Waals surface area contributed by atoms with E-state index >= 15 is 0 Å². The molecule has 5 heteroatoms. The van der Waals surface area contributed by atoms with Crippen molar-refractivity contribution in [3.8, 4) is 0 Å². The average molecular weight is 270 g/mol. The first-order valence-electron chi connectivity index (χ1n) is 6.52. The number of nitrogens with zero attached hydrogens (tertiary/aromatic N) is 3. The van der Waals surface area contributed by atoms with Crippen LogP contribution in [0.3, 0.4) is 0 Å². The Morgan fingerprint density at radius 1 is 1.15 bits per heavy atom. The molecule has 0 aliphatic carbocycles. The first-order chi connectivity index (χ1) is 9.75. The van der Waals surface area contributed by atoms with E-state index in [0.29, 0.717) is 13.1 Å². The van der Waals surface area contributed by atoms with Gasteiger partial charge in [-0.05, 0) is 35.7 Å². The number of amides is 2. The summed E-state index contributed by atoms with van der Waals surface area (Å²) in [7, 11) is 1.78. The molecule has 0 aliphatic heterocycles. The number of hydrogen-bond acceptors (Lipinski definition) is 3. The van der Waals surface area contributed by atoms with Crippen molar-refractivity contribution in [2.45, 2.75) is 13.0 Å². The lowest BCUT2D eigenvalue weighted by Gasteiger charge is -2.17. The number of carbonyl (C=O) groups is 1. The second-order valence-corrected chi connectivity index (χ2v) is 4.55. The fourth-order valence-corrected chi connectivity index (χ4v) is 1.83. The molecular weight excluding hydrogens is 252 g/mol. The largest absolute Gasteiger partial charge is 0.338 e. The van der Waals surface area contributed by atoms with E-state index in [1.54, 1.807) is 30.5 Å². The summed E-state index contributed by atoms with van der Waals surface area (Å²) < 4.78 is 0. The van der Waals surface area contributed by atoms with Gasteiger partial charge in [0.2, 0.25) is 0 Å². The maximum absolute atomic E-state index is 11.9. The lowest BCUT2D eigenvalue weighted by Crippen LogP contribution is -2.37. The van der Waals surface area contributed by atoms with Crippen LogP contribution >= 0.6 is 0 Å². The molecule has 0 spiro atoms. The molecule has 0 aliphatic rings. The van der Waals surface area contributed by atoms with Gasteiger partial charge in [0.25, 0.3) is 0 Å². The van der Waals surface area contributed by atoms with Gasteiger partial charge in [0.1, 0.15) is 0 Å². The third-order valence-electron chi connectivity index (χ3n) is 2.93. The molecule has 0 aromatic carbocycles. The minimum atomic E-state index is -0.0781. The summed E-state index contributed by atoms with van der Waals surface area (Å²) in [5, 5.41) is 2.89. The Morgan fingerprint density at radius 3 is 2.65 bits per heavy atom. The predicted molar refractivity (Wildman–Crippen MR) is 77.0 cm³/mol. The van der Waals surface area contributed by atoms with Crippen LogP contribution in [0.4, 0.5) is 4.79 Å². The van der Waals surface area contributed by atoms with Gasteiger partial charge >= 0.3 is 6.03 Å². The molecule has 20 heavy (non-hydrogen) atoms. The van der Waals surface area contributed by atoms with E-state index in [2.05, 4.69) is 15.3 Å². The zero-order valence-electron chi connectivity index (χ0n) is 11.5. The van der Waals surface area contributed by atoms with E-state index < -0.39 is 0 Å². The van der Waals surface area contributed by atoms with Crippen LogP contribution < -0.4 is 5.32 Å². The van der Waals surface area contributed by atoms with Crippen molar-refractivity contribution in [1.29, 1.82) is 0 Å². The van der Waals surface area contributed by atoms with E-state index in [1.807, 2.05) is 30.5 Å². The highest BCUT2D eigenvalue weighted by Gasteiger charge is 2.08. The molecule has 2 aromatic heterocycles. The maximum atomic E-state index is 11.9. The van der Waals surface area contributed by atoms with Gasteiger partial charge in [0, 0.05) is 44.9 Å². The highest BCUT2D eigenvalue weighted by molar-refractivity contribution is 5.73. The number of aromatic nitrogens is 2. The third kappa shape index (κ3) is 4.35. The number of pyridine rings is 2. The number of nitrogens with one attached hydrogen (secondary N) is 1. The van der Waals surface area contributed by atoms with Gasteiger partial charge in [-0.1, -0.05) is 6.07 Å². The van der Waals surface area contributed by atoms with E-state index in [4.69, 9.17) is 0 Å². The van der Waals surface area contributed by atoms with Crippen LogP contribution in [0.1, 0.15) is 11.1 Å². The fraction of sp³-hybridized carbons (Fsp3) is 0.267. The Labute approximate surface area is 118 Å². The quantitative estimate of drug-likeness (QED) is 0.902. The third-order valence-corrected chi connectivity index (χ3v) is 2.93. The van der Waals surface area contributed by atoms with Gasteiger partial charge in [-0.2, -0.15) is 0 Å². The molecule has 0 saturated carbocycles. The van der Waals surface area contributed by atoms with E-state index in [9.17, 15) is 4.79 Å². The molecule has 1 N–H and O–H groups in total. The minimum Gasteiger partial charge on any atom is -0.338 e. The Hall–Kier alpha value is -2.43. The molecule has 2 heterocycles. The summed E-state index contributed by atoms with van der Waals surface area (Å²) in [5.41, 5.74) is 2.18. The molecule has 0 radical (unpaired) electrons. The first-order valence-corrected chi connectivity index (χ1v) is 6.52. The molecule has 0 atom stereocenters. The molecule has 5 nitrogen and oxygen atoms in total. The highest BCUT2D eigenvalue weighted by atomic mass is 16.2. The standard InChI is InChI=1S/C15H18N4O/c1-19(12-14-4-8-16-9-5-14)15(20)18-10-6-13-3-2-7-17-11-13/h2-5,7-9,11H,6,10,12H2,1H3,(H,18,20). The van der Waals surface area contributed by atoms with Crippen LogP contribution in [-0.4, -0.2) is 34.5 Å². The molecular formula is C15H18N4O. The van der Waals surface area contributed by atoms with Gasteiger partial charge in [-0.3, -0.25) is 9.97 Å². The molecule has 0 bridgehead atoms. The van der Waals surface area contributed by atoms with Gasteiger partial charge < -0.3 is 10.2 Å². The summed E-state index contributed by atoms with van der Waals surface area (Å²) >= 11 is 0. The summed E-state index contributed by atoms with van der Waals surface area (Å²) in [6.07, 6.45) is 7.78. The van der Waals surface area contributed by atoms with E-state index in [0.717, 1.165) is 17.5 Å². The predicted octanol–water partition coefficient (Wildman–Crippen LogP) is 1.86. The molecule has 0 fully saturated rings. The molecule has 2 rings (SSSR count). The lowest BCUT2D eigenvalue weighted by atomic mass is 10.2. The first kappa shape index (κ1) is 14.0. The Balaban J connectivity index is 1.74. The van der Waals surface area contributed by atoms with Crippen molar-refractivity contribution in [1.82, 2.24) is 20.2 Å². The molecule has 0 saturated heterocycles. The second kappa shape index (κ2) is 7.23. The van der Waals surface area contributed by atoms with Crippen LogP contribution in [0.15, 0.2) is 49.1 Å². The Morgan fingerprint density at radius 2 is 1.95 bits per heavy atom. The average Bonchev–Trinajstić information content (AvgIpc) is 2.49. The molecule has 0 unspecified atom stereocenters. The Kier molecular flexibility index (Phi) is 5.06. The number of carbonyl (C=O) groups excluding carboxylic acids is 1. The van der Waals surface area contributed by atoms with Crippen molar-refractivity contribution in [2.24, 2.45) is 0 Å². The molecule has 2 amide bonds. The van der Waals surface area contributed by atoms with Gasteiger partial charge in [-0.25, -0.2) is 4.79 Å². The van der Waals surface area contributed by atoms with Crippen LogP contribution in [0.5, 0.6) is 0 Å². The van der Waals surface area contributed by atoms with Crippen molar-refractivity contribution < 1.29 is 4.79 Å². The minimum absolute atomic E-state index is 0.0781. The number of hydrogen-bond donors (Lipinski definition) is 1. The smallest absolute Gasteiger partial charge is 0.317 e.